The van der Waals surface area contributed by atoms with E-state index in [9.17, 15) is 18.0 Å². The number of urea groups is 1. The summed E-state index contributed by atoms with van der Waals surface area (Å²) in [5.74, 6) is -1.11. The van der Waals surface area contributed by atoms with Crippen molar-refractivity contribution in [2.45, 2.75) is 13.3 Å². The number of nitrogens with zero attached hydrogens (tertiary/aromatic N) is 2. The van der Waals surface area contributed by atoms with Gasteiger partial charge in [0.25, 0.3) is 0 Å². The van der Waals surface area contributed by atoms with E-state index in [0.29, 0.717) is 13.0 Å². The number of nitrogens with one attached hydrogen (secondary N) is 1. The smallest absolute Gasteiger partial charge is 0.317 e. The summed E-state index contributed by atoms with van der Waals surface area (Å²) in [6.45, 7) is 2.09. The quantitative estimate of drug-likeness (QED) is 0.704. The zero-order chi connectivity index (χ0) is 15.6. The Morgan fingerprint density at radius 2 is 2.00 bits per heavy atom. The third-order valence-electron chi connectivity index (χ3n) is 3.47. The summed E-state index contributed by atoms with van der Waals surface area (Å²) in [6.07, 6.45) is 0.395. The Balaban J connectivity index is 2.45. The van der Waals surface area contributed by atoms with Crippen LogP contribution in [0.4, 0.5) is 4.79 Å². The maximum atomic E-state index is 11.8. The minimum atomic E-state index is -3.35. The summed E-state index contributed by atoms with van der Waals surface area (Å²) >= 11 is 0. The number of carbonyl (C=O) groups is 2. The summed E-state index contributed by atoms with van der Waals surface area (Å²) in [5, 5.41) is 11.6. The summed E-state index contributed by atoms with van der Waals surface area (Å²) in [6, 6.07) is -0.427. The first-order valence-corrected chi connectivity index (χ1v) is 7.86. The predicted octanol–water partition coefficient (Wildman–Crippen LogP) is -0.616. The largest absolute Gasteiger partial charge is 0.481 e. The molecule has 1 aliphatic heterocycles. The number of sulfonamides is 1. The van der Waals surface area contributed by atoms with Crippen LogP contribution in [0.1, 0.15) is 13.3 Å². The van der Waals surface area contributed by atoms with Gasteiger partial charge in [0.2, 0.25) is 10.0 Å². The van der Waals surface area contributed by atoms with Crippen LogP contribution in [0, 0.1) is 5.41 Å². The molecule has 0 spiro atoms. The van der Waals surface area contributed by atoms with E-state index >= 15 is 0 Å². The third kappa shape index (κ3) is 3.83. The lowest BCUT2D eigenvalue weighted by Gasteiger charge is -2.20. The van der Waals surface area contributed by atoms with Crippen molar-refractivity contribution in [1.29, 1.82) is 0 Å². The van der Waals surface area contributed by atoms with Crippen molar-refractivity contribution >= 4 is 22.0 Å². The number of amides is 2. The predicted molar refractivity (Wildman–Crippen MR) is 72.8 cm³/mol. The van der Waals surface area contributed by atoms with Crippen molar-refractivity contribution in [2.75, 3.05) is 39.5 Å². The van der Waals surface area contributed by atoms with Crippen molar-refractivity contribution in [3.8, 4) is 0 Å². The number of aliphatic carboxylic acids is 1. The van der Waals surface area contributed by atoms with Crippen LogP contribution in [0.15, 0.2) is 0 Å². The van der Waals surface area contributed by atoms with Crippen LogP contribution in [0.5, 0.6) is 0 Å². The van der Waals surface area contributed by atoms with Gasteiger partial charge in [0.05, 0.1) is 11.2 Å². The van der Waals surface area contributed by atoms with Gasteiger partial charge in [-0.15, -0.1) is 0 Å². The van der Waals surface area contributed by atoms with E-state index < -0.39 is 27.4 Å². The maximum Gasteiger partial charge on any atom is 0.317 e. The molecule has 8 nitrogen and oxygen atoms in total. The fourth-order valence-corrected chi connectivity index (χ4v) is 2.62. The fraction of sp³-hybridized carbons (Fsp3) is 0.818. The minimum Gasteiger partial charge on any atom is -0.481 e. The summed E-state index contributed by atoms with van der Waals surface area (Å²) < 4.78 is 24.1. The SMILES string of the molecule is CN(C)S(=O)(=O)CCNC(=O)N1CCC(C)(C(=O)O)C1. The summed E-state index contributed by atoms with van der Waals surface area (Å²) in [7, 11) is -0.495. The highest BCUT2D eigenvalue weighted by atomic mass is 32.2. The van der Waals surface area contributed by atoms with Crippen LogP contribution in [0.2, 0.25) is 0 Å². The monoisotopic (exact) mass is 307 g/mol. The molecule has 20 heavy (non-hydrogen) atoms. The topological polar surface area (TPSA) is 107 Å². The van der Waals surface area contributed by atoms with Crippen molar-refractivity contribution in [1.82, 2.24) is 14.5 Å². The summed E-state index contributed by atoms with van der Waals surface area (Å²) in [5.41, 5.74) is -0.924. The molecule has 9 heteroatoms. The Bertz CT molecular complexity index is 490. The molecule has 1 fully saturated rings. The molecule has 2 N–H and O–H groups in total. The van der Waals surface area contributed by atoms with Gasteiger partial charge < -0.3 is 15.3 Å². The molecule has 1 atom stereocenters. The molecule has 116 valence electrons. The average Bonchev–Trinajstić information content (AvgIpc) is 2.73. The zero-order valence-corrected chi connectivity index (χ0v) is 12.7. The molecule has 0 aromatic rings. The summed E-state index contributed by atoms with van der Waals surface area (Å²) in [4.78, 5) is 24.3. The van der Waals surface area contributed by atoms with Gasteiger partial charge in [-0.3, -0.25) is 4.79 Å². The molecule has 0 radical (unpaired) electrons. The number of carboxylic acid groups (broad SMARTS) is 1. The second-order valence-electron chi connectivity index (χ2n) is 5.37. The number of rotatable bonds is 5. The van der Waals surface area contributed by atoms with Gasteiger partial charge in [0, 0.05) is 33.7 Å². The molecule has 0 aromatic carbocycles. The first-order chi connectivity index (χ1) is 9.08. The van der Waals surface area contributed by atoms with Crippen LogP contribution in [0.3, 0.4) is 0 Å². The number of hydrogen-bond donors (Lipinski definition) is 2. The lowest BCUT2D eigenvalue weighted by Crippen LogP contribution is -2.43. The van der Waals surface area contributed by atoms with E-state index in [-0.39, 0.29) is 18.8 Å². The van der Waals surface area contributed by atoms with E-state index in [1.54, 1.807) is 6.92 Å². The molecule has 0 saturated carbocycles. The van der Waals surface area contributed by atoms with Crippen LogP contribution < -0.4 is 5.32 Å². The molecular formula is C11H21N3O5S. The van der Waals surface area contributed by atoms with E-state index in [1.165, 1.54) is 19.0 Å². The molecule has 1 unspecified atom stereocenters. The number of carboxylic acids is 1. The van der Waals surface area contributed by atoms with Gasteiger partial charge in [-0.2, -0.15) is 0 Å². The van der Waals surface area contributed by atoms with Gasteiger partial charge in [0.1, 0.15) is 0 Å². The van der Waals surface area contributed by atoms with Crippen molar-refractivity contribution in [3.63, 3.8) is 0 Å². The Labute approximate surface area is 118 Å². The minimum absolute atomic E-state index is 0.000365. The fourth-order valence-electron chi connectivity index (χ4n) is 1.89. The molecular weight excluding hydrogens is 286 g/mol. The van der Waals surface area contributed by atoms with Gasteiger partial charge >= 0.3 is 12.0 Å². The van der Waals surface area contributed by atoms with Gasteiger partial charge in [0.15, 0.2) is 0 Å². The number of hydrogen-bond acceptors (Lipinski definition) is 4. The van der Waals surface area contributed by atoms with Crippen LogP contribution >= 0.6 is 0 Å². The van der Waals surface area contributed by atoms with Crippen LogP contribution in [0.25, 0.3) is 0 Å². The highest BCUT2D eigenvalue weighted by molar-refractivity contribution is 7.89. The first kappa shape index (κ1) is 16.7. The number of likely N-dealkylation sites (tertiary alicyclic amines) is 1. The van der Waals surface area contributed by atoms with Crippen molar-refractivity contribution in [2.24, 2.45) is 5.41 Å². The number of carbonyl (C=O) groups excluding carboxylic acids is 1. The van der Waals surface area contributed by atoms with E-state index in [4.69, 9.17) is 5.11 Å². The molecule has 0 aliphatic carbocycles. The molecule has 0 aromatic heterocycles. The Morgan fingerprint density at radius 3 is 2.45 bits per heavy atom. The van der Waals surface area contributed by atoms with E-state index in [0.717, 1.165) is 4.31 Å². The molecule has 1 saturated heterocycles. The molecule has 1 aliphatic rings. The third-order valence-corrected chi connectivity index (χ3v) is 5.30. The highest BCUT2D eigenvalue weighted by Gasteiger charge is 2.42. The molecule has 1 rings (SSSR count). The van der Waals surface area contributed by atoms with Gasteiger partial charge in [-0.05, 0) is 13.3 Å². The molecule has 2 amide bonds. The normalized spacial score (nSPS) is 23.1. The Morgan fingerprint density at radius 1 is 1.40 bits per heavy atom. The average molecular weight is 307 g/mol. The Hall–Kier alpha value is -1.35. The van der Waals surface area contributed by atoms with Crippen LogP contribution in [-0.4, -0.2) is 74.2 Å². The second kappa shape index (κ2) is 5.96. The van der Waals surface area contributed by atoms with Crippen LogP contribution in [-0.2, 0) is 14.8 Å². The lowest BCUT2D eigenvalue weighted by atomic mass is 9.90. The van der Waals surface area contributed by atoms with E-state index in [1.807, 2.05) is 0 Å². The first-order valence-electron chi connectivity index (χ1n) is 6.25. The van der Waals surface area contributed by atoms with Gasteiger partial charge in [-0.25, -0.2) is 17.5 Å². The second-order valence-corrected chi connectivity index (χ2v) is 7.67. The van der Waals surface area contributed by atoms with Crippen molar-refractivity contribution in [3.05, 3.63) is 0 Å². The van der Waals surface area contributed by atoms with Gasteiger partial charge in [-0.1, -0.05) is 0 Å². The zero-order valence-electron chi connectivity index (χ0n) is 11.9. The van der Waals surface area contributed by atoms with Crippen molar-refractivity contribution < 1.29 is 23.1 Å². The highest BCUT2D eigenvalue weighted by Crippen LogP contribution is 2.29. The molecule has 0 bridgehead atoms. The van der Waals surface area contributed by atoms with E-state index in [2.05, 4.69) is 5.32 Å². The standard InChI is InChI=1S/C11H21N3O5S/c1-11(9(15)16)4-6-14(8-11)10(17)12-5-7-20(18,19)13(2)3/h4-8H2,1-3H3,(H,12,17)(H,15,16). The lowest BCUT2D eigenvalue weighted by molar-refractivity contribution is -0.147. The molecule has 1 heterocycles. The Kier molecular flexibility index (Phi) is 4.98. The maximum absolute atomic E-state index is 11.8.